The summed E-state index contributed by atoms with van der Waals surface area (Å²) in [6, 6.07) is 13.0. The maximum absolute atomic E-state index is 12.2. The van der Waals surface area contributed by atoms with Gasteiger partial charge in [0.25, 0.3) is 5.89 Å². The van der Waals surface area contributed by atoms with Crippen molar-refractivity contribution in [3.8, 4) is 11.5 Å². The molecule has 2 aromatic carbocycles. The van der Waals surface area contributed by atoms with E-state index in [0.717, 1.165) is 23.2 Å². The van der Waals surface area contributed by atoms with Crippen LogP contribution in [0.3, 0.4) is 0 Å². The topological polar surface area (TPSA) is 103 Å². The van der Waals surface area contributed by atoms with Crippen molar-refractivity contribution >= 4 is 11.4 Å². The van der Waals surface area contributed by atoms with Gasteiger partial charge in [-0.25, -0.2) is 0 Å². The van der Waals surface area contributed by atoms with Gasteiger partial charge in [0.15, 0.2) is 0 Å². The van der Waals surface area contributed by atoms with Gasteiger partial charge in [0.1, 0.15) is 0 Å². The fourth-order valence-corrected chi connectivity index (χ4v) is 2.14. The van der Waals surface area contributed by atoms with Crippen LogP contribution in [0.1, 0.15) is 30.4 Å². The number of benzene rings is 2. The van der Waals surface area contributed by atoms with Crippen molar-refractivity contribution in [2.45, 2.75) is 26.7 Å². The van der Waals surface area contributed by atoms with Gasteiger partial charge in [0.2, 0.25) is 5.89 Å². The van der Waals surface area contributed by atoms with E-state index in [4.69, 9.17) is 16.0 Å². The number of hydrogen-bond donors (Lipinski definition) is 3. The first kappa shape index (κ1) is 19.3. The summed E-state index contributed by atoms with van der Waals surface area (Å²) in [5, 5.41) is 6.83. The standard InChI is InChI=1S/C11H10F2N2O.C7H11N3/c1-2-7-3-5-8(6-4-7)10-14-15-11(16-10)9(12)13;1-5-2-3-7(10-9)6(8)4-5/h3-6,9H,2H2,1H3;2-4,10H,8-9H2,1H3. The molecular formula is C18H21F2N5O. The molecule has 8 heteroatoms. The molecule has 5 N–H and O–H groups in total. The number of rotatable bonds is 4. The maximum Gasteiger partial charge on any atom is 0.314 e. The minimum absolute atomic E-state index is 0.123. The molecule has 1 aromatic heterocycles. The van der Waals surface area contributed by atoms with Crippen molar-refractivity contribution in [1.82, 2.24) is 10.2 Å². The van der Waals surface area contributed by atoms with Crippen molar-refractivity contribution in [2.24, 2.45) is 5.84 Å². The smallest absolute Gasteiger partial charge is 0.314 e. The largest absolute Gasteiger partial charge is 0.415 e. The van der Waals surface area contributed by atoms with Gasteiger partial charge < -0.3 is 15.6 Å². The SMILES string of the molecule is CCc1ccc(-c2nnc(C(F)F)o2)cc1.Cc1ccc(NN)c(N)c1. The van der Waals surface area contributed by atoms with Crippen LogP contribution < -0.4 is 17.0 Å². The van der Waals surface area contributed by atoms with Gasteiger partial charge in [0, 0.05) is 5.56 Å². The van der Waals surface area contributed by atoms with Crippen LogP contribution in [0, 0.1) is 6.92 Å². The summed E-state index contributed by atoms with van der Waals surface area (Å²) >= 11 is 0. The third-order valence-electron chi connectivity index (χ3n) is 3.60. The molecule has 6 nitrogen and oxygen atoms in total. The zero-order chi connectivity index (χ0) is 19.1. The Kier molecular flexibility index (Phi) is 6.62. The highest BCUT2D eigenvalue weighted by molar-refractivity contribution is 5.66. The number of hydrogen-bond acceptors (Lipinski definition) is 6. The van der Waals surface area contributed by atoms with E-state index in [1.807, 2.05) is 44.2 Å². The lowest BCUT2D eigenvalue weighted by Crippen LogP contribution is -2.08. The number of hydrazine groups is 1. The number of alkyl halides is 2. The van der Waals surface area contributed by atoms with Crippen LogP contribution in [0.15, 0.2) is 46.9 Å². The third-order valence-corrected chi connectivity index (χ3v) is 3.60. The van der Waals surface area contributed by atoms with Crippen LogP contribution in [-0.4, -0.2) is 10.2 Å². The van der Waals surface area contributed by atoms with Gasteiger partial charge in [-0.1, -0.05) is 25.1 Å². The van der Waals surface area contributed by atoms with E-state index in [1.165, 1.54) is 0 Å². The molecule has 1 heterocycles. The molecule has 0 bridgehead atoms. The third kappa shape index (κ3) is 5.00. The van der Waals surface area contributed by atoms with Gasteiger partial charge in [-0.05, 0) is 48.7 Å². The van der Waals surface area contributed by atoms with Crippen molar-refractivity contribution in [2.75, 3.05) is 11.2 Å². The van der Waals surface area contributed by atoms with E-state index in [1.54, 1.807) is 12.1 Å². The zero-order valence-corrected chi connectivity index (χ0v) is 14.5. The molecule has 138 valence electrons. The molecule has 0 saturated carbocycles. The molecule has 3 aromatic rings. The summed E-state index contributed by atoms with van der Waals surface area (Å²) in [7, 11) is 0. The molecule has 0 aliphatic heterocycles. The Balaban J connectivity index is 0.000000209. The molecule has 0 unspecified atom stereocenters. The lowest BCUT2D eigenvalue weighted by Gasteiger charge is -2.03. The lowest BCUT2D eigenvalue weighted by atomic mass is 10.1. The minimum atomic E-state index is -2.73. The van der Waals surface area contributed by atoms with Crippen LogP contribution in [0.25, 0.3) is 11.5 Å². The van der Waals surface area contributed by atoms with E-state index in [-0.39, 0.29) is 5.89 Å². The molecule has 26 heavy (non-hydrogen) atoms. The first-order valence-electron chi connectivity index (χ1n) is 7.98. The van der Waals surface area contributed by atoms with Crippen LogP contribution in [-0.2, 0) is 6.42 Å². The van der Waals surface area contributed by atoms with Crippen LogP contribution in [0.4, 0.5) is 20.2 Å². The molecule has 0 aliphatic rings. The normalized spacial score (nSPS) is 10.4. The fraction of sp³-hybridized carbons (Fsp3) is 0.222. The summed E-state index contributed by atoms with van der Waals surface area (Å²) in [5.41, 5.74) is 12.5. The highest BCUT2D eigenvalue weighted by Gasteiger charge is 2.16. The highest BCUT2D eigenvalue weighted by Crippen LogP contribution is 2.23. The van der Waals surface area contributed by atoms with Crippen molar-refractivity contribution in [3.05, 3.63) is 59.5 Å². The first-order chi connectivity index (χ1) is 12.4. The number of aryl methyl sites for hydroxylation is 2. The molecule has 0 amide bonds. The average molecular weight is 361 g/mol. The Hall–Kier alpha value is -3.00. The van der Waals surface area contributed by atoms with E-state index >= 15 is 0 Å². The molecule has 0 atom stereocenters. The van der Waals surface area contributed by atoms with Crippen molar-refractivity contribution < 1.29 is 13.2 Å². The van der Waals surface area contributed by atoms with Gasteiger partial charge in [-0.3, -0.25) is 5.84 Å². The lowest BCUT2D eigenvalue weighted by molar-refractivity contribution is 0.116. The maximum atomic E-state index is 12.2. The second kappa shape index (κ2) is 8.91. The Morgan fingerprint density at radius 2 is 1.81 bits per heavy atom. The summed E-state index contributed by atoms with van der Waals surface area (Å²) < 4.78 is 29.3. The second-order valence-corrected chi connectivity index (χ2v) is 5.53. The van der Waals surface area contributed by atoms with Gasteiger partial charge >= 0.3 is 6.43 Å². The molecular weight excluding hydrogens is 340 g/mol. The van der Waals surface area contributed by atoms with Crippen molar-refractivity contribution in [1.29, 1.82) is 0 Å². The zero-order valence-electron chi connectivity index (χ0n) is 14.5. The highest BCUT2D eigenvalue weighted by atomic mass is 19.3. The van der Waals surface area contributed by atoms with E-state index in [9.17, 15) is 8.78 Å². The van der Waals surface area contributed by atoms with Crippen LogP contribution in [0.2, 0.25) is 0 Å². The summed E-state index contributed by atoms with van der Waals surface area (Å²) in [4.78, 5) is 0. The monoisotopic (exact) mass is 361 g/mol. The predicted octanol–water partition coefficient (Wildman–Crippen LogP) is 4.10. The molecule has 0 radical (unpaired) electrons. The quantitative estimate of drug-likeness (QED) is 0.367. The van der Waals surface area contributed by atoms with Crippen molar-refractivity contribution in [3.63, 3.8) is 0 Å². The van der Waals surface area contributed by atoms with E-state index < -0.39 is 12.3 Å². The van der Waals surface area contributed by atoms with Gasteiger partial charge in [-0.15, -0.1) is 10.2 Å². The second-order valence-electron chi connectivity index (χ2n) is 5.53. The van der Waals surface area contributed by atoms with E-state index in [0.29, 0.717) is 11.3 Å². The Morgan fingerprint density at radius 3 is 2.31 bits per heavy atom. The first-order valence-corrected chi connectivity index (χ1v) is 7.98. The molecule has 0 fully saturated rings. The number of nitrogens with two attached hydrogens (primary N) is 2. The Labute approximate surface area is 150 Å². The number of anilines is 2. The summed E-state index contributed by atoms with van der Waals surface area (Å²) in [6.07, 6.45) is -1.80. The number of aromatic nitrogens is 2. The molecule has 3 rings (SSSR count). The summed E-state index contributed by atoms with van der Waals surface area (Å²) in [5.74, 6) is 4.65. The van der Waals surface area contributed by atoms with E-state index in [2.05, 4.69) is 15.6 Å². The summed E-state index contributed by atoms with van der Waals surface area (Å²) in [6.45, 7) is 4.02. The van der Waals surface area contributed by atoms with Crippen LogP contribution in [0.5, 0.6) is 0 Å². The molecule has 0 saturated heterocycles. The number of nitrogens with zero attached hydrogens (tertiary/aromatic N) is 2. The number of halogens is 2. The average Bonchev–Trinajstić information content (AvgIpc) is 3.13. The molecule has 0 spiro atoms. The Morgan fingerprint density at radius 1 is 1.12 bits per heavy atom. The Bertz CT molecular complexity index is 834. The predicted molar refractivity (Wildman–Crippen MR) is 97.5 cm³/mol. The fourth-order valence-electron chi connectivity index (χ4n) is 2.14. The van der Waals surface area contributed by atoms with Gasteiger partial charge in [-0.2, -0.15) is 8.78 Å². The molecule has 0 aliphatic carbocycles. The van der Waals surface area contributed by atoms with Crippen LogP contribution >= 0.6 is 0 Å². The number of nitrogen functional groups attached to an aromatic ring is 2. The minimum Gasteiger partial charge on any atom is -0.415 e. The number of nitrogens with one attached hydrogen (secondary N) is 1. The van der Waals surface area contributed by atoms with Gasteiger partial charge in [0.05, 0.1) is 11.4 Å².